The summed E-state index contributed by atoms with van der Waals surface area (Å²) in [4.78, 5) is 16.5. The Kier molecular flexibility index (Phi) is 3.69. The van der Waals surface area contributed by atoms with E-state index in [1.807, 2.05) is 48.5 Å². The number of hydrogen-bond donors (Lipinski definition) is 0. The number of carbonyl (C=O) groups is 1. The number of aromatic nitrogens is 2. The minimum absolute atomic E-state index is 0.00643. The van der Waals surface area contributed by atoms with Crippen molar-refractivity contribution in [1.82, 2.24) is 9.55 Å². The summed E-state index contributed by atoms with van der Waals surface area (Å²) in [6, 6.07) is 15.3. The molecular formula is C17H16N2O2. The maximum atomic E-state index is 12.2. The van der Waals surface area contributed by atoms with E-state index in [2.05, 4.69) is 11.9 Å². The number of ether oxygens (including phenoxy) is 1. The second kappa shape index (κ2) is 5.79. The Hall–Kier alpha value is -2.62. The van der Waals surface area contributed by atoms with Crippen LogP contribution in [-0.4, -0.2) is 22.1 Å². The van der Waals surface area contributed by atoms with Crippen LogP contribution in [0.5, 0.6) is 5.75 Å². The molecule has 0 bridgehead atoms. The molecule has 0 radical (unpaired) electrons. The molecule has 1 heterocycles. The third-order valence-electron chi connectivity index (χ3n) is 3.39. The second-order valence-electron chi connectivity index (χ2n) is 4.79. The molecule has 4 heteroatoms. The van der Waals surface area contributed by atoms with Gasteiger partial charge in [0.2, 0.25) is 0 Å². The van der Waals surface area contributed by atoms with Crippen molar-refractivity contribution in [3.05, 3.63) is 60.4 Å². The van der Waals surface area contributed by atoms with Crippen molar-refractivity contribution < 1.29 is 9.53 Å². The summed E-state index contributed by atoms with van der Waals surface area (Å²) in [5, 5.41) is 0. The molecule has 0 unspecified atom stereocenters. The van der Waals surface area contributed by atoms with Gasteiger partial charge in [0.25, 0.3) is 5.91 Å². The van der Waals surface area contributed by atoms with Gasteiger partial charge in [-0.05, 0) is 36.2 Å². The maximum absolute atomic E-state index is 12.2. The smallest absolute Gasteiger partial charge is 0.270 e. The summed E-state index contributed by atoms with van der Waals surface area (Å²) in [5.41, 5.74) is 2.79. The van der Waals surface area contributed by atoms with Crippen molar-refractivity contribution in [1.29, 1.82) is 0 Å². The monoisotopic (exact) mass is 280 g/mol. The van der Waals surface area contributed by atoms with Crippen LogP contribution in [0.25, 0.3) is 11.0 Å². The van der Waals surface area contributed by atoms with Crippen molar-refractivity contribution in [3.63, 3.8) is 0 Å². The lowest BCUT2D eigenvalue weighted by Gasteiger charge is -2.07. The van der Waals surface area contributed by atoms with Crippen LogP contribution in [0.1, 0.15) is 17.3 Å². The molecule has 3 rings (SSSR count). The Balaban J connectivity index is 1.74. The van der Waals surface area contributed by atoms with E-state index >= 15 is 0 Å². The molecule has 0 saturated heterocycles. The molecule has 0 amide bonds. The SMILES string of the molecule is CCc1cccc(OCC(=O)n2cnc3ccccc32)c1. The number of para-hydroxylation sites is 2. The summed E-state index contributed by atoms with van der Waals surface area (Å²) in [5.74, 6) is 0.581. The van der Waals surface area contributed by atoms with Gasteiger partial charge < -0.3 is 4.74 Å². The molecule has 0 aliphatic carbocycles. The van der Waals surface area contributed by atoms with Gasteiger partial charge in [0.15, 0.2) is 6.61 Å². The first-order chi connectivity index (χ1) is 10.3. The van der Waals surface area contributed by atoms with Gasteiger partial charge >= 0.3 is 0 Å². The lowest BCUT2D eigenvalue weighted by Crippen LogP contribution is -2.18. The van der Waals surface area contributed by atoms with E-state index in [1.165, 1.54) is 10.1 Å². The zero-order valence-corrected chi connectivity index (χ0v) is 11.8. The number of benzene rings is 2. The number of imidazole rings is 1. The van der Waals surface area contributed by atoms with E-state index < -0.39 is 0 Å². The molecule has 0 fully saturated rings. The van der Waals surface area contributed by atoms with E-state index in [0.717, 1.165) is 17.5 Å². The van der Waals surface area contributed by atoms with Crippen LogP contribution < -0.4 is 4.74 Å². The topological polar surface area (TPSA) is 44.1 Å². The quantitative estimate of drug-likeness (QED) is 0.736. The van der Waals surface area contributed by atoms with E-state index in [-0.39, 0.29) is 12.5 Å². The van der Waals surface area contributed by atoms with Crippen molar-refractivity contribution in [2.75, 3.05) is 6.61 Å². The highest BCUT2D eigenvalue weighted by molar-refractivity contribution is 5.90. The molecule has 2 aromatic carbocycles. The minimum Gasteiger partial charge on any atom is -0.484 e. The molecule has 21 heavy (non-hydrogen) atoms. The van der Waals surface area contributed by atoms with Gasteiger partial charge in [-0.3, -0.25) is 9.36 Å². The fourth-order valence-corrected chi connectivity index (χ4v) is 2.23. The zero-order chi connectivity index (χ0) is 14.7. The highest BCUT2D eigenvalue weighted by Crippen LogP contribution is 2.15. The first-order valence-electron chi connectivity index (χ1n) is 6.95. The number of hydrogen-bond acceptors (Lipinski definition) is 3. The predicted molar refractivity (Wildman–Crippen MR) is 81.7 cm³/mol. The number of rotatable bonds is 4. The molecule has 3 aromatic rings. The lowest BCUT2D eigenvalue weighted by molar-refractivity contribution is 0.0842. The van der Waals surface area contributed by atoms with Gasteiger partial charge in [-0.15, -0.1) is 0 Å². The molecule has 1 aromatic heterocycles. The highest BCUT2D eigenvalue weighted by Gasteiger charge is 2.10. The second-order valence-corrected chi connectivity index (χ2v) is 4.79. The fraction of sp³-hybridized carbons (Fsp3) is 0.176. The van der Waals surface area contributed by atoms with Crippen molar-refractivity contribution in [2.45, 2.75) is 13.3 Å². The van der Waals surface area contributed by atoms with E-state index in [1.54, 1.807) is 6.33 Å². The summed E-state index contributed by atoms with van der Waals surface area (Å²) < 4.78 is 7.11. The number of nitrogens with zero attached hydrogens (tertiary/aromatic N) is 2. The molecule has 0 aliphatic rings. The Bertz CT molecular complexity index is 777. The molecular weight excluding hydrogens is 264 g/mol. The maximum Gasteiger partial charge on any atom is 0.270 e. The van der Waals surface area contributed by atoms with Crippen LogP contribution in [-0.2, 0) is 6.42 Å². The molecule has 0 N–H and O–H groups in total. The summed E-state index contributed by atoms with van der Waals surface area (Å²) in [6.45, 7) is 2.08. The average molecular weight is 280 g/mol. The molecule has 0 atom stereocenters. The molecule has 0 aliphatic heterocycles. The van der Waals surface area contributed by atoms with Gasteiger partial charge in [-0.2, -0.15) is 0 Å². The molecule has 0 spiro atoms. The molecule has 106 valence electrons. The van der Waals surface area contributed by atoms with Crippen LogP contribution in [0.2, 0.25) is 0 Å². The van der Waals surface area contributed by atoms with E-state index in [4.69, 9.17) is 4.74 Å². The average Bonchev–Trinajstić information content (AvgIpc) is 2.97. The Labute approximate surface area is 123 Å². The van der Waals surface area contributed by atoms with Crippen LogP contribution in [0, 0.1) is 0 Å². The summed E-state index contributed by atoms with van der Waals surface area (Å²) in [6.07, 6.45) is 2.48. The van der Waals surface area contributed by atoms with Crippen LogP contribution in [0.4, 0.5) is 0 Å². The first-order valence-corrected chi connectivity index (χ1v) is 6.95. The van der Waals surface area contributed by atoms with Crippen molar-refractivity contribution in [3.8, 4) is 5.75 Å². The van der Waals surface area contributed by atoms with Crippen LogP contribution >= 0.6 is 0 Å². The Morgan fingerprint density at radius 1 is 1.19 bits per heavy atom. The van der Waals surface area contributed by atoms with Gasteiger partial charge in [0.05, 0.1) is 11.0 Å². The van der Waals surface area contributed by atoms with Gasteiger partial charge in [-0.1, -0.05) is 31.2 Å². The van der Waals surface area contributed by atoms with Crippen LogP contribution in [0.15, 0.2) is 54.9 Å². The third kappa shape index (κ3) is 2.79. The standard InChI is InChI=1S/C17H16N2O2/c1-2-13-6-5-7-14(10-13)21-11-17(20)19-12-18-15-8-3-4-9-16(15)19/h3-10,12H,2,11H2,1H3. The Morgan fingerprint density at radius 2 is 2.05 bits per heavy atom. The van der Waals surface area contributed by atoms with Gasteiger partial charge in [0.1, 0.15) is 12.1 Å². The largest absolute Gasteiger partial charge is 0.484 e. The molecule has 0 saturated carbocycles. The van der Waals surface area contributed by atoms with Crippen LogP contribution in [0.3, 0.4) is 0 Å². The van der Waals surface area contributed by atoms with E-state index in [9.17, 15) is 4.79 Å². The first kappa shape index (κ1) is 13.4. The van der Waals surface area contributed by atoms with Crippen molar-refractivity contribution in [2.24, 2.45) is 0 Å². The van der Waals surface area contributed by atoms with Gasteiger partial charge in [-0.25, -0.2) is 4.98 Å². The van der Waals surface area contributed by atoms with E-state index in [0.29, 0.717) is 5.75 Å². The summed E-state index contributed by atoms with van der Waals surface area (Å²) in [7, 11) is 0. The normalized spacial score (nSPS) is 10.7. The lowest BCUT2D eigenvalue weighted by atomic mass is 10.2. The predicted octanol–water partition coefficient (Wildman–Crippen LogP) is 3.32. The Morgan fingerprint density at radius 3 is 2.90 bits per heavy atom. The number of carbonyl (C=O) groups excluding carboxylic acids is 1. The minimum atomic E-state index is -0.134. The highest BCUT2D eigenvalue weighted by atomic mass is 16.5. The number of fused-ring (bicyclic) bond motifs is 1. The molecule has 4 nitrogen and oxygen atoms in total. The number of aryl methyl sites for hydroxylation is 1. The summed E-state index contributed by atoms with van der Waals surface area (Å²) >= 11 is 0. The zero-order valence-electron chi connectivity index (χ0n) is 11.8. The van der Waals surface area contributed by atoms with Crippen molar-refractivity contribution >= 4 is 16.9 Å². The third-order valence-corrected chi connectivity index (χ3v) is 3.39. The van der Waals surface area contributed by atoms with Gasteiger partial charge in [0, 0.05) is 0 Å². The fourth-order valence-electron chi connectivity index (χ4n) is 2.23.